The van der Waals surface area contributed by atoms with E-state index in [1.165, 1.54) is 0 Å². The van der Waals surface area contributed by atoms with Crippen LogP contribution in [0.25, 0.3) is 17.1 Å². The summed E-state index contributed by atoms with van der Waals surface area (Å²) in [6.45, 7) is 4.06. The number of hydrogen-bond acceptors (Lipinski definition) is 3. The van der Waals surface area contributed by atoms with E-state index in [0.717, 1.165) is 26.9 Å². The first-order valence-electron chi connectivity index (χ1n) is 9.18. The van der Waals surface area contributed by atoms with Crippen molar-refractivity contribution in [3.63, 3.8) is 0 Å². The molecule has 0 spiro atoms. The molecule has 0 saturated heterocycles. The van der Waals surface area contributed by atoms with Crippen molar-refractivity contribution >= 4 is 27.5 Å². The minimum Gasteiger partial charge on any atom is -0.319 e. The number of aryl methyl sites for hydroxylation is 2. The molecule has 0 bridgehead atoms. The average Bonchev–Trinajstić information content (AvgIpc) is 3.14. The summed E-state index contributed by atoms with van der Waals surface area (Å²) in [4.78, 5) is 17.4. The highest BCUT2D eigenvalue weighted by Gasteiger charge is 2.19. The van der Waals surface area contributed by atoms with E-state index in [2.05, 4.69) is 31.3 Å². The summed E-state index contributed by atoms with van der Waals surface area (Å²) in [5.41, 5.74) is 4.69. The van der Waals surface area contributed by atoms with Gasteiger partial charge in [-0.05, 0) is 50.2 Å². The number of amides is 1. The Morgan fingerprint density at radius 3 is 2.41 bits per heavy atom. The summed E-state index contributed by atoms with van der Waals surface area (Å²) in [6, 6.07) is 23.4. The van der Waals surface area contributed by atoms with Crippen LogP contribution in [0.5, 0.6) is 0 Å². The second kappa shape index (κ2) is 8.01. The predicted octanol–water partition coefficient (Wildman–Crippen LogP) is 5.57. The molecule has 0 unspecified atom stereocenters. The summed E-state index contributed by atoms with van der Waals surface area (Å²) >= 11 is 3.41. The highest BCUT2D eigenvalue weighted by Crippen LogP contribution is 2.23. The summed E-state index contributed by atoms with van der Waals surface area (Å²) in [6.07, 6.45) is 0. The van der Waals surface area contributed by atoms with Crippen molar-refractivity contribution < 1.29 is 4.79 Å². The number of nitrogens with zero attached hydrogens (tertiary/aromatic N) is 3. The van der Waals surface area contributed by atoms with Gasteiger partial charge >= 0.3 is 0 Å². The van der Waals surface area contributed by atoms with Gasteiger partial charge in [0.25, 0.3) is 5.91 Å². The van der Waals surface area contributed by atoms with Crippen molar-refractivity contribution in [1.82, 2.24) is 14.8 Å². The van der Waals surface area contributed by atoms with Crippen LogP contribution in [0, 0.1) is 13.8 Å². The maximum absolute atomic E-state index is 12.8. The van der Waals surface area contributed by atoms with Gasteiger partial charge in [-0.15, -0.1) is 5.10 Å². The molecule has 0 fully saturated rings. The number of nitrogens with one attached hydrogen (secondary N) is 1. The molecule has 1 heterocycles. The third-order valence-corrected chi connectivity index (χ3v) is 4.94. The van der Waals surface area contributed by atoms with Crippen LogP contribution in [-0.2, 0) is 0 Å². The molecule has 0 aliphatic rings. The van der Waals surface area contributed by atoms with Crippen molar-refractivity contribution in [2.24, 2.45) is 0 Å². The molecule has 4 aromatic rings. The third kappa shape index (κ3) is 4.27. The van der Waals surface area contributed by atoms with Gasteiger partial charge in [0, 0.05) is 15.7 Å². The van der Waals surface area contributed by atoms with Crippen LogP contribution in [-0.4, -0.2) is 20.7 Å². The Kier molecular flexibility index (Phi) is 5.27. The van der Waals surface area contributed by atoms with Crippen molar-refractivity contribution in [2.75, 3.05) is 5.32 Å². The van der Waals surface area contributed by atoms with Crippen LogP contribution in [0.1, 0.15) is 21.7 Å². The third-order valence-electron chi connectivity index (χ3n) is 4.45. The van der Waals surface area contributed by atoms with Crippen molar-refractivity contribution in [3.05, 3.63) is 94.2 Å². The van der Waals surface area contributed by atoms with Gasteiger partial charge in [-0.1, -0.05) is 63.5 Å². The van der Waals surface area contributed by atoms with E-state index >= 15 is 0 Å². The van der Waals surface area contributed by atoms with Gasteiger partial charge < -0.3 is 5.32 Å². The average molecular weight is 447 g/mol. The molecule has 3 aromatic carbocycles. The Labute approximate surface area is 177 Å². The number of hydrogen-bond donors (Lipinski definition) is 1. The van der Waals surface area contributed by atoms with Crippen LogP contribution in [0.3, 0.4) is 0 Å². The van der Waals surface area contributed by atoms with Crippen molar-refractivity contribution in [3.8, 4) is 17.1 Å². The Morgan fingerprint density at radius 1 is 0.931 bits per heavy atom. The lowest BCUT2D eigenvalue weighted by Crippen LogP contribution is -2.14. The Bertz CT molecular complexity index is 1180. The van der Waals surface area contributed by atoms with Gasteiger partial charge in [0.2, 0.25) is 5.82 Å². The normalized spacial score (nSPS) is 10.7. The molecule has 0 aliphatic carbocycles. The van der Waals surface area contributed by atoms with Crippen LogP contribution < -0.4 is 5.32 Å². The zero-order valence-corrected chi connectivity index (χ0v) is 17.6. The van der Waals surface area contributed by atoms with Crippen molar-refractivity contribution in [1.29, 1.82) is 0 Å². The first-order valence-corrected chi connectivity index (χ1v) is 9.97. The lowest BCUT2D eigenvalue weighted by atomic mass is 10.1. The molecule has 1 amide bonds. The minimum absolute atomic E-state index is 0.113. The number of carbonyl (C=O) groups excluding carboxylic acids is 1. The van der Waals surface area contributed by atoms with Crippen LogP contribution in [0.15, 0.2) is 77.3 Å². The summed E-state index contributed by atoms with van der Waals surface area (Å²) in [7, 11) is 0. The van der Waals surface area contributed by atoms with E-state index in [-0.39, 0.29) is 11.7 Å². The number of aromatic nitrogens is 3. The van der Waals surface area contributed by atoms with Gasteiger partial charge in [0.15, 0.2) is 5.82 Å². The summed E-state index contributed by atoms with van der Waals surface area (Å²) < 4.78 is 2.60. The molecular formula is C23H19BrN4O. The van der Waals surface area contributed by atoms with Crippen LogP contribution in [0.4, 0.5) is 5.69 Å². The molecule has 0 saturated carbocycles. The largest absolute Gasteiger partial charge is 0.319 e. The Hall–Kier alpha value is -3.25. The van der Waals surface area contributed by atoms with E-state index < -0.39 is 0 Å². The predicted molar refractivity (Wildman–Crippen MR) is 118 cm³/mol. The summed E-state index contributed by atoms with van der Waals surface area (Å²) in [5.74, 6) is 0.377. The summed E-state index contributed by atoms with van der Waals surface area (Å²) in [5, 5.41) is 7.37. The second-order valence-corrected chi connectivity index (χ2v) is 7.76. The number of rotatable bonds is 4. The van der Waals surface area contributed by atoms with Gasteiger partial charge in [0.05, 0.1) is 5.69 Å². The molecule has 5 nitrogen and oxygen atoms in total. The molecule has 29 heavy (non-hydrogen) atoms. The van der Waals surface area contributed by atoms with E-state index in [4.69, 9.17) is 0 Å². The van der Waals surface area contributed by atoms with Crippen LogP contribution in [0.2, 0.25) is 0 Å². The molecule has 6 heteroatoms. The molecule has 0 aliphatic heterocycles. The fraction of sp³-hybridized carbons (Fsp3) is 0.0870. The lowest BCUT2D eigenvalue weighted by molar-refractivity contribution is 0.101. The molecule has 0 radical (unpaired) electrons. The SMILES string of the molecule is Cc1ccc(-n2nc(C(=O)Nc3cccc(Br)c3)nc2-c2cccc(C)c2)cc1. The van der Waals surface area contributed by atoms with E-state index in [9.17, 15) is 4.79 Å². The van der Waals surface area contributed by atoms with Gasteiger partial charge in [-0.2, -0.15) is 0 Å². The van der Waals surface area contributed by atoms with E-state index in [1.54, 1.807) is 4.68 Å². The van der Waals surface area contributed by atoms with Crippen molar-refractivity contribution in [2.45, 2.75) is 13.8 Å². The second-order valence-electron chi connectivity index (χ2n) is 6.84. The monoisotopic (exact) mass is 446 g/mol. The smallest absolute Gasteiger partial charge is 0.295 e. The van der Waals surface area contributed by atoms with Gasteiger partial charge in [0.1, 0.15) is 0 Å². The highest BCUT2D eigenvalue weighted by atomic mass is 79.9. The number of carbonyl (C=O) groups is 1. The fourth-order valence-corrected chi connectivity index (χ4v) is 3.40. The topological polar surface area (TPSA) is 59.8 Å². The molecule has 1 aromatic heterocycles. The maximum atomic E-state index is 12.8. The molecular weight excluding hydrogens is 428 g/mol. The quantitative estimate of drug-likeness (QED) is 0.445. The number of anilines is 1. The molecule has 0 atom stereocenters. The zero-order chi connectivity index (χ0) is 20.4. The van der Waals surface area contributed by atoms with Gasteiger partial charge in [-0.3, -0.25) is 4.79 Å². The molecule has 144 valence electrons. The molecule has 4 rings (SSSR count). The number of benzene rings is 3. The fourth-order valence-electron chi connectivity index (χ4n) is 3.00. The first-order chi connectivity index (χ1) is 14.0. The van der Waals surface area contributed by atoms with E-state index in [1.807, 2.05) is 86.6 Å². The van der Waals surface area contributed by atoms with E-state index in [0.29, 0.717) is 11.5 Å². The Balaban J connectivity index is 1.76. The minimum atomic E-state index is -0.358. The Morgan fingerprint density at radius 2 is 1.69 bits per heavy atom. The van der Waals surface area contributed by atoms with Gasteiger partial charge in [-0.25, -0.2) is 9.67 Å². The molecule has 1 N–H and O–H groups in total. The lowest BCUT2D eigenvalue weighted by Gasteiger charge is -2.07. The highest BCUT2D eigenvalue weighted by molar-refractivity contribution is 9.10. The zero-order valence-electron chi connectivity index (χ0n) is 16.1. The standard InChI is InChI=1S/C23H19BrN4O/c1-15-9-11-20(12-10-15)28-22(17-6-3-5-16(2)13-17)26-21(27-28)23(29)25-19-8-4-7-18(24)14-19/h3-14H,1-2H3,(H,25,29). The first kappa shape index (κ1) is 19.1. The number of halogens is 1. The van der Waals surface area contributed by atoms with Crippen LogP contribution >= 0.6 is 15.9 Å². The maximum Gasteiger partial charge on any atom is 0.295 e.